The van der Waals surface area contributed by atoms with Crippen molar-refractivity contribution >= 4 is 0 Å². The molecule has 0 saturated heterocycles. The lowest BCUT2D eigenvalue weighted by molar-refractivity contribution is 0.461. The molecular formula is C17H23NO. The Hall–Kier alpha value is -1.54. The van der Waals surface area contributed by atoms with E-state index in [0.29, 0.717) is 6.04 Å². The minimum atomic E-state index is 0.522. The van der Waals surface area contributed by atoms with Crippen molar-refractivity contribution in [3.05, 3.63) is 59.5 Å². The summed E-state index contributed by atoms with van der Waals surface area (Å²) in [6.07, 6.45) is 4.95. The molecule has 0 aliphatic heterocycles. The van der Waals surface area contributed by atoms with Gasteiger partial charge in [-0.2, -0.15) is 0 Å². The van der Waals surface area contributed by atoms with Crippen LogP contribution in [0.4, 0.5) is 0 Å². The summed E-state index contributed by atoms with van der Waals surface area (Å²) in [5.41, 5.74) is 2.82. The van der Waals surface area contributed by atoms with Gasteiger partial charge < -0.3 is 9.73 Å². The molecule has 0 fully saturated rings. The Balaban J connectivity index is 1.66. The summed E-state index contributed by atoms with van der Waals surface area (Å²) < 4.78 is 5.35. The zero-order valence-electron chi connectivity index (χ0n) is 11.9. The fourth-order valence-corrected chi connectivity index (χ4v) is 2.26. The SMILES string of the molecule is Cc1ccccc1CCNC(C)CCc1ccco1. The maximum absolute atomic E-state index is 5.35. The first-order chi connectivity index (χ1) is 9.25. The van der Waals surface area contributed by atoms with Crippen molar-refractivity contribution in [3.8, 4) is 0 Å². The minimum Gasteiger partial charge on any atom is -0.469 e. The summed E-state index contributed by atoms with van der Waals surface area (Å²) in [4.78, 5) is 0. The van der Waals surface area contributed by atoms with E-state index in [0.717, 1.165) is 31.6 Å². The first-order valence-electron chi connectivity index (χ1n) is 7.06. The van der Waals surface area contributed by atoms with Gasteiger partial charge in [0.1, 0.15) is 5.76 Å². The molecule has 2 nitrogen and oxygen atoms in total. The summed E-state index contributed by atoms with van der Waals surface area (Å²) in [6.45, 7) is 5.45. The topological polar surface area (TPSA) is 25.2 Å². The third kappa shape index (κ3) is 4.56. The first-order valence-corrected chi connectivity index (χ1v) is 7.06. The van der Waals surface area contributed by atoms with Crippen molar-refractivity contribution < 1.29 is 4.42 Å². The molecule has 0 saturated carbocycles. The summed E-state index contributed by atoms with van der Waals surface area (Å²) in [7, 11) is 0. The summed E-state index contributed by atoms with van der Waals surface area (Å²) in [5.74, 6) is 1.08. The number of hydrogen-bond donors (Lipinski definition) is 1. The molecule has 2 heteroatoms. The summed E-state index contributed by atoms with van der Waals surface area (Å²) >= 11 is 0. The molecule has 0 bridgehead atoms. The Labute approximate surface area is 115 Å². The fourth-order valence-electron chi connectivity index (χ4n) is 2.26. The van der Waals surface area contributed by atoms with Gasteiger partial charge in [0.25, 0.3) is 0 Å². The average molecular weight is 257 g/mol. The first kappa shape index (κ1) is 13.9. The van der Waals surface area contributed by atoms with E-state index in [1.165, 1.54) is 11.1 Å². The highest BCUT2D eigenvalue weighted by Crippen LogP contribution is 2.08. The molecule has 102 valence electrons. The maximum Gasteiger partial charge on any atom is 0.103 e. The second-order valence-corrected chi connectivity index (χ2v) is 5.15. The van der Waals surface area contributed by atoms with E-state index < -0.39 is 0 Å². The quantitative estimate of drug-likeness (QED) is 0.817. The van der Waals surface area contributed by atoms with Gasteiger partial charge in [-0.05, 0) is 56.5 Å². The molecular weight excluding hydrogens is 234 g/mol. The normalized spacial score (nSPS) is 12.5. The molecule has 19 heavy (non-hydrogen) atoms. The van der Waals surface area contributed by atoms with Gasteiger partial charge in [0.15, 0.2) is 0 Å². The van der Waals surface area contributed by atoms with E-state index >= 15 is 0 Å². The zero-order valence-corrected chi connectivity index (χ0v) is 11.9. The van der Waals surface area contributed by atoms with Crippen molar-refractivity contribution in [1.29, 1.82) is 0 Å². The molecule has 1 N–H and O–H groups in total. The third-order valence-electron chi connectivity index (χ3n) is 3.55. The number of furan rings is 1. The Morgan fingerprint density at radius 2 is 1.95 bits per heavy atom. The lowest BCUT2D eigenvalue weighted by Crippen LogP contribution is -2.28. The maximum atomic E-state index is 5.35. The van der Waals surface area contributed by atoms with E-state index in [1.807, 2.05) is 12.1 Å². The van der Waals surface area contributed by atoms with Crippen LogP contribution in [0.25, 0.3) is 0 Å². The molecule has 1 unspecified atom stereocenters. The molecule has 0 spiro atoms. The molecule has 0 amide bonds. The van der Waals surface area contributed by atoms with Crippen LogP contribution in [0, 0.1) is 6.92 Å². The Morgan fingerprint density at radius 3 is 2.68 bits per heavy atom. The van der Waals surface area contributed by atoms with Crippen molar-refractivity contribution in [3.63, 3.8) is 0 Å². The zero-order chi connectivity index (χ0) is 13.5. The lowest BCUT2D eigenvalue weighted by atomic mass is 10.1. The summed E-state index contributed by atoms with van der Waals surface area (Å²) in [5, 5.41) is 3.58. The van der Waals surface area contributed by atoms with Crippen molar-refractivity contribution in [2.24, 2.45) is 0 Å². The Bertz CT molecular complexity index is 476. The molecule has 1 heterocycles. The molecule has 1 atom stereocenters. The van der Waals surface area contributed by atoms with Gasteiger partial charge in [0.05, 0.1) is 6.26 Å². The lowest BCUT2D eigenvalue weighted by Gasteiger charge is -2.13. The van der Waals surface area contributed by atoms with Crippen LogP contribution in [0.15, 0.2) is 47.1 Å². The second kappa shape index (κ2) is 7.15. The van der Waals surface area contributed by atoms with Crippen LogP contribution in [-0.4, -0.2) is 12.6 Å². The highest BCUT2D eigenvalue weighted by atomic mass is 16.3. The van der Waals surface area contributed by atoms with E-state index in [-0.39, 0.29) is 0 Å². The number of benzene rings is 1. The third-order valence-corrected chi connectivity index (χ3v) is 3.55. The molecule has 2 rings (SSSR count). The predicted molar refractivity (Wildman–Crippen MR) is 79.4 cm³/mol. The number of nitrogens with one attached hydrogen (secondary N) is 1. The van der Waals surface area contributed by atoms with Crippen LogP contribution >= 0.6 is 0 Å². The van der Waals surface area contributed by atoms with Crippen molar-refractivity contribution in [2.75, 3.05) is 6.54 Å². The van der Waals surface area contributed by atoms with Crippen LogP contribution in [0.2, 0.25) is 0 Å². The molecule has 0 radical (unpaired) electrons. The highest BCUT2D eigenvalue weighted by Gasteiger charge is 2.04. The van der Waals surface area contributed by atoms with Crippen LogP contribution in [0.5, 0.6) is 0 Å². The Morgan fingerprint density at radius 1 is 1.11 bits per heavy atom. The van der Waals surface area contributed by atoms with E-state index in [1.54, 1.807) is 6.26 Å². The van der Waals surface area contributed by atoms with Crippen molar-refractivity contribution in [1.82, 2.24) is 5.32 Å². The number of rotatable bonds is 7. The number of aryl methyl sites for hydroxylation is 2. The van der Waals surface area contributed by atoms with E-state index in [2.05, 4.69) is 43.4 Å². The Kier molecular flexibility index (Phi) is 5.22. The monoisotopic (exact) mass is 257 g/mol. The van der Waals surface area contributed by atoms with Gasteiger partial charge in [-0.3, -0.25) is 0 Å². The van der Waals surface area contributed by atoms with E-state index in [4.69, 9.17) is 4.42 Å². The number of hydrogen-bond acceptors (Lipinski definition) is 2. The molecule has 0 aliphatic rings. The van der Waals surface area contributed by atoms with Gasteiger partial charge in [-0.25, -0.2) is 0 Å². The smallest absolute Gasteiger partial charge is 0.103 e. The molecule has 0 aliphatic carbocycles. The van der Waals surface area contributed by atoms with Crippen LogP contribution in [-0.2, 0) is 12.8 Å². The minimum absolute atomic E-state index is 0.522. The average Bonchev–Trinajstić information content (AvgIpc) is 2.92. The predicted octanol–water partition coefficient (Wildman–Crippen LogP) is 3.74. The molecule has 1 aromatic heterocycles. The van der Waals surface area contributed by atoms with Crippen molar-refractivity contribution in [2.45, 2.75) is 39.2 Å². The van der Waals surface area contributed by atoms with Gasteiger partial charge >= 0.3 is 0 Å². The standard InChI is InChI=1S/C17H23NO/c1-14-6-3-4-7-16(14)11-12-18-15(2)9-10-17-8-5-13-19-17/h3-8,13,15,18H,9-12H2,1-2H3. The van der Waals surface area contributed by atoms with Crippen LogP contribution in [0.3, 0.4) is 0 Å². The molecule has 2 aromatic rings. The van der Waals surface area contributed by atoms with Gasteiger partial charge in [-0.1, -0.05) is 24.3 Å². The van der Waals surface area contributed by atoms with Gasteiger partial charge in [-0.15, -0.1) is 0 Å². The fraction of sp³-hybridized carbons (Fsp3) is 0.412. The van der Waals surface area contributed by atoms with Gasteiger partial charge in [0, 0.05) is 12.5 Å². The largest absolute Gasteiger partial charge is 0.469 e. The summed E-state index contributed by atoms with van der Waals surface area (Å²) in [6, 6.07) is 13.1. The van der Waals surface area contributed by atoms with E-state index in [9.17, 15) is 0 Å². The van der Waals surface area contributed by atoms with Gasteiger partial charge in [0.2, 0.25) is 0 Å². The van der Waals surface area contributed by atoms with Crippen LogP contribution < -0.4 is 5.32 Å². The highest BCUT2D eigenvalue weighted by molar-refractivity contribution is 5.25. The molecule has 1 aromatic carbocycles. The van der Waals surface area contributed by atoms with Crippen LogP contribution in [0.1, 0.15) is 30.2 Å². The second-order valence-electron chi connectivity index (χ2n) is 5.15.